The van der Waals surface area contributed by atoms with Crippen LogP contribution in [0.15, 0.2) is 0 Å². The van der Waals surface area contributed by atoms with Crippen molar-refractivity contribution in [1.82, 2.24) is 10.2 Å². The standard InChI is InChI=1S/C16H32N2/c1-13(14-8-6-5-7-9-14)18-11-10-17-15(12-18)16(2,3)4/h13-15,17H,5-12H2,1-4H3. The van der Waals surface area contributed by atoms with Gasteiger partial charge in [-0.15, -0.1) is 0 Å². The molecule has 1 aliphatic carbocycles. The molecule has 1 saturated heterocycles. The molecule has 18 heavy (non-hydrogen) atoms. The van der Waals surface area contributed by atoms with Gasteiger partial charge in [-0.25, -0.2) is 0 Å². The monoisotopic (exact) mass is 252 g/mol. The van der Waals surface area contributed by atoms with Crippen molar-refractivity contribution < 1.29 is 0 Å². The van der Waals surface area contributed by atoms with Crippen molar-refractivity contribution >= 4 is 0 Å². The first-order valence-corrected chi connectivity index (χ1v) is 7.96. The summed E-state index contributed by atoms with van der Waals surface area (Å²) in [4.78, 5) is 2.75. The van der Waals surface area contributed by atoms with Gasteiger partial charge in [-0.05, 0) is 31.1 Å². The summed E-state index contributed by atoms with van der Waals surface area (Å²) in [6.45, 7) is 13.2. The van der Waals surface area contributed by atoms with Crippen LogP contribution in [0.1, 0.15) is 59.8 Å². The number of hydrogen-bond donors (Lipinski definition) is 1. The van der Waals surface area contributed by atoms with Gasteiger partial charge in [0.25, 0.3) is 0 Å². The molecule has 2 atom stereocenters. The third kappa shape index (κ3) is 3.48. The number of rotatable bonds is 2. The van der Waals surface area contributed by atoms with Gasteiger partial charge in [-0.3, -0.25) is 4.90 Å². The molecule has 2 aliphatic rings. The van der Waals surface area contributed by atoms with Crippen LogP contribution in [0, 0.1) is 11.3 Å². The zero-order valence-corrected chi connectivity index (χ0v) is 12.8. The van der Waals surface area contributed by atoms with Crippen molar-refractivity contribution in [2.24, 2.45) is 11.3 Å². The van der Waals surface area contributed by atoms with E-state index >= 15 is 0 Å². The smallest absolute Gasteiger partial charge is 0.0244 e. The minimum atomic E-state index is 0.380. The van der Waals surface area contributed by atoms with Crippen LogP contribution in [0.4, 0.5) is 0 Å². The van der Waals surface area contributed by atoms with Crippen LogP contribution in [0.5, 0.6) is 0 Å². The van der Waals surface area contributed by atoms with Gasteiger partial charge in [-0.2, -0.15) is 0 Å². The molecule has 0 aromatic heterocycles. The van der Waals surface area contributed by atoms with Crippen molar-refractivity contribution in [2.75, 3.05) is 19.6 Å². The summed E-state index contributed by atoms with van der Waals surface area (Å²) in [5, 5.41) is 3.71. The minimum absolute atomic E-state index is 0.380. The number of nitrogens with zero attached hydrogens (tertiary/aromatic N) is 1. The molecule has 0 amide bonds. The van der Waals surface area contributed by atoms with Crippen LogP contribution in [-0.4, -0.2) is 36.6 Å². The molecule has 0 aromatic carbocycles. The Balaban J connectivity index is 1.91. The molecular weight excluding hydrogens is 220 g/mol. The minimum Gasteiger partial charge on any atom is -0.311 e. The second kappa shape index (κ2) is 5.92. The zero-order chi connectivity index (χ0) is 13.2. The highest BCUT2D eigenvalue weighted by molar-refractivity contribution is 4.90. The topological polar surface area (TPSA) is 15.3 Å². The largest absolute Gasteiger partial charge is 0.311 e. The molecule has 1 saturated carbocycles. The van der Waals surface area contributed by atoms with E-state index in [0.29, 0.717) is 11.5 Å². The summed E-state index contributed by atoms with van der Waals surface area (Å²) in [6.07, 6.45) is 7.32. The molecule has 0 spiro atoms. The van der Waals surface area contributed by atoms with Gasteiger partial charge in [0.2, 0.25) is 0 Å². The number of piperazine rings is 1. The van der Waals surface area contributed by atoms with Crippen LogP contribution >= 0.6 is 0 Å². The highest BCUT2D eigenvalue weighted by Crippen LogP contribution is 2.30. The Bertz CT molecular complexity index is 250. The van der Waals surface area contributed by atoms with Gasteiger partial charge in [0.05, 0.1) is 0 Å². The first-order valence-electron chi connectivity index (χ1n) is 7.96. The van der Waals surface area contributed by atoms with Crippen molar-refractivity contribution in [3.8, 4) is 0 Å². The first kappa shape index (κ1) is 14.3. The molecule has 2 nitrogen and oxygen atoms in total. The SMILES string of the molecule is CC(C1CCCCC1)N1CCNC(C(C)(C)C)C1. The van der Waals surface area contributed by atoms with Gasteiger partial charge in [0, 0.05) is 31.7 Å². The van der Waals surface area contributed by atoms with E-state index in [9.17, 15) is 0 Å². The Labute approximate surface area is 114 Å². The lowest BCUT2D eigenvalue weighted by atomic mass is 9.81. The molecule has 106 valence electrons. The van der Waals surface area contributed by atoms with Gasteiger partial charge >= 0.3 is 0 Å². The maximum absolute atomic E-state index is 3.71. The van der Waals surface area contributed by atoms with E-state index in [1.54, 1.807) is 0 Å². The van der Waals surface area contributed by atoms with Crippen LogP contribution in [0.25, 0.3) is 0 Å². The molecule has 0 aromatic rings. The van der Waals surface area contributed by atoms with Crippen molar-refractivity contribution in [3.05, 3.63) is 0 Å². The average Bonchev–Trinajstić information content (AvgIpc) is 2.38. The Hall–Kier alpha value is -0.0800. The van der Waals surface area contributed by atoms with E-state index in [1.807, 2.05) is 0 Å². The predicted molar refractivity (Wildman–Crippen MR) is 78.9 cm³/mol. The summed E-state index contributed by atoms with van der Waals surface area (Å²) in [6, 6.07) is 1.44. The molecule has 0 radical (unpaired) electrons. The predicted octanol–water partition coefficient (Wildman–Crippen LogP) is 3.28. The summed E-state index contributed by atoms with van der Waals surface area (Å²) in [5.41, 5.74) is 0.380. The van der Waals surface area contributed by atoms with E-state index in [1.165, 1.54) is 51.7 Å². The normalized spacial score (nSPS) is 30.3. The zero-order valence-electron chi connectivity index (χ0n) is 12.8. The maximum Gasteiger partial charge on any atom is 0.0244 e. The third-order valence-corrected chi connectivity index (χ3v) is 5.16. The average molecular weight is 252 g/mol. The molecule has 1 N–H and O–H groups in total. The maximum atomic E-state index is 3.71. The van der Waals surface area contributed by atoms with E-state index in [-0.39, 0.29) is 0 Å². The molecule has 0 bridgehead atoms. The van der Waals surface area contributed by atoms with Gasteiger partial charge in [-0.1, -0.05) is 40.0 Å². The summed E-state index contributed by atoms with van der Waals surface area (Å²) < 4.78 is 0. The summed E-state index contributed by atoms with van der Waals surface area (Å²) >= 11 is 0. The first-order chi connectivity index (χ1) is 8.48. The van der Waals surface area contributed by atoms with E-state index in [0.717, 1.165) is 12.0 Å². The van der Waals surface area contributed by atoms with Gasteiger partial charge in [0.1, 0.15) is 0 Å². The van der Waals surface area contributed by atoms with Crippen LogP contribution < -0.4 is 5.32 Å². The van der Waals surface area contributed by atoms with E-state index in [2.05, 4.69) is 37.9 Å². The molecule has 1 aliphatic heterocycles. The summed E-state index contributed by atoms with van der Waals surface area (Å²) in [5.74, 6) is 0.956. The highest BCUT2D eigenvalue weighted by Gasteiger charge is 2.33. The highest BCUT2D eigenvalue weighted by atomic mass is 15.2. The fourth-order valence-corrected chi connectivity index (χ4v) is 3.64. The molecule has 2 unspecified atom stereocenters. The second-order valence-corrected chi connectivity index (χ2v) is 7.51. The van der Waals surface area contributed by atoms with Gasteiger partial charge in [0.15, 0.2) is 0 Å². The Morgan fingerprint density at radius 1 is 1.11 bits per heavy atom. The fourth-order valence-electron chi connectivity index (χ4n) is 3.64. The summed E-state index contributed by atoms with van der Waals surface area (Å²) in [7, 11) is 0. The second-order valence-electron chi connectivity index (χ2n) is 7.51. The molecule has 1 heterocycles. The van der Waals surface area contributed by atoms with Crippen LogP contribution in [-0.2, 0) is 0 Å². The lowest BCUT2D eigenvalue weighted by Gasteiger charge is -2.45. The van der Waals surface area contributed by atoms with E-state index < -0.39 is 0 Å². The fraction of sp³-hybridized carbons (Fsp3) is 1.00. The number of nitrogens with one attached hydrogen (secondary N) is 1. The number of hydrogen-bond acceptors (Lipinski definition) is 2. The van der Waals surface area contributed by atoms with Crippen LogP contribution in [0.2, 0.25) is 0 Å². The molecule has 2 fully saturated rings. The quantitative estimate of drug-likeness (QED) is 0.811. The van der Waals surface area contributed by atoms with Gasteiger partial charge < -0.3 is 5.32 Å². The third-order valence-electron chi connectivity index (χ3n) is 5.16. The van der Waals surface area contributed by atoms with E-state index in [4.69, 9.17) is 0 Å². The molecular formula is C16H32N2. The lowest BCUT2D eigenvalue weighted by molar-refractivity contribution is 0.0680. The molecule has 2 heteroatoms. The van der Waals surface area contributed by atoms with Crippen molar-refractivity contribution in [2.45, 2.75) is 71.9 Å². The van der Waals surface area contributed by atoms with Crippen LogP contribution in [0.3, 0.4) is 0 Å². The Morgan fingerprint density at radius 3 is 2.39 bits per heavy atom. The Morgan fingerprint density at radius 2 is 1.78 bits per heavy atom. The molecule has 2 rings (SSSR count). The van der Waals surface area contributed by atoms with Crippen molar-refractivity contribution in [3.63, 3.8) is 0 Å². The van der Waals surface area contributed by atoms with Crippen molar-refractivity contribution in [1.29, 1.82) is 0 Å². The lowest BCUT2D eigenvalue weighted by Crippen LogP contribution is -2.58. The Kier molecular flexibility index (Phi) is 4.71.